The summed E-state index contributed by atoms with van der Waals surface area (Å²) in [6.45, 7) is 4.33. The highest BCUT2D eigenvalue weighted by Crippen LogP contribution is 2.11. The number of benzene rings is 1. The van der Waals surface area contributed by atoms with Crippen LogP contribution in [0, 0.1) is 12.7 Å². The fraction of sp³-hybridized carbons (Fsp3) is 0.500. The molecule has 0 spiro atoms. The molecule has 1 aromatic rings. The third-order valence-corrected chi connectivity index (χ3v) is 2.82. The number of hydrogen-bond donors (Lipinski definition) is 1. The predicted molar refractivity (Wildman–Crippen MR) is 57.2 cm³/mol. The van der Waals surface area contributed by atoms with E-state index in [0.717, 1.165) is 37.3 Å². The summed E-state index contributed by atoms with van der Waals surface area (Å²) in [5.41, 5.74) is 2.16. The van der Waals surface area contributed by atoms with Crippen molar-refractivity contribution >= 4 is 0 Å². The van der Waals surface area contributed by atoms with Crippen LogP contribution < -0.4 is 5.32 Å². The van der Waals surface area contributed by atoms with Crippen molar-refractivity contribution in [2.24, 2.45) is 0 Å². The van der Waals surface area contributed by atoms with Gasteiger partial charge in [0, 0.05) is 19.2 Å². The van der Waals surface area contributed by atoms with Gasteiger partial charge in [0.2, 0.25) is 0 Å². The van der Waals surface area contributed by atoms with E-state index in [-0.39, 0.29) is 5.82 Å². The molecule has 1 heterocycles. The van der Waals surface area contributed by atoms with Gasteiger partial charge in [0.25, 0.3) is 0 Å². The van der Waals surface area contributed by atoms with E-state index in [1.165, 1.54) is 6.07 Å². The van der Waals surface area contributed by atoms with E-state index < -0.39 is 0 Å². The van der Waals surface area contributed by atoms with Crippen molar-refractivity contribution in [3.63, 3.8) is 0 Å². The zero-order valence-corrected chi connectivity index (χ0v) is 8.92. The summed E-state index contributed by atoms with van der Waals surface area (Å²) >= 11 is 0. The van der Waals surface area contributed by atoms with Crippen LogP contribution >= 0.6 is 0 Å². The molecule has 3 heteroatoms. The summed E-state index contributed by atoms with van der Waals surface area (Å²) in [4.78, 5) is 0. The maximum atomic E-state index is 13.0. The zero-order chi connectivity index (χ0) is 10.7. The van der Waals surface area contributed by atoms with Crippen LogP contribution in [0.5, 0.6) is 0 Å². The average Bonchev–Trinajstić information content (AvgIpc) is 2.72. The number of hydrogen-bond acceptors (Lipinski definition) is 2. The molecule has 0 radical (unpaired) electrons. The standard InChI is InChI=1S/C12H16FNO/c1-9-2-3-11(13)6-10(9)7-14-12-4-5-15-8-12/h2-3,6,12,14H,4-5,7-8H2,1H3. The molecule has 1 aromatic carbocycles. The number of aryl methyl sites for hydroxylation is 1. The SMILES string of the molecule is Cc1ccc(F)cc1CNC1CCOC1. The van der Waals surface area contributed by atoms with Crippen LogP contribution in [0.25, 0.3) is 0 Å². The zero-order valence-electron chi connectivity index (χ0n) is 8.92. The van der Waals surface area contributed by atoms with Crippen molar-refractivity contribution in [3.8, 4) is 0 Å². The van der Waals surface area contributed by atoms with Crippen molar-refractivity contribution in [1.29, 1.82) is 0 Å². The highest BCUT2D eigenvalue weighted by molar-refractivity contribution is 5.26. The summed E-state index contributed by atoms with van der Waals surface area (Å²) < 4.78 is 18.3. The van der Waals surface area contributed by atoms with Gasteiger partial charge in [-0.2, -0.15) is 0 Å². The van der Waals surface area contributed by atoms with Crippen LogP contribution in [0.2, 0.25) is 0 Å². The molecule has 0 amide bonds. The molecule has 1 saturated heterocycles. The molecular formula is C12H16FNO. The van der Waals surface area contributed by atoms with Gasteiger partial charge in [-0.3, -0.25) is 0 Å². The molecule has 1 aliphatic heterocycles. The molecule has 1 fully saturated rings. The highest BCUT2D eigenvalue weighted by atomic mass is 19.1. The maximum Gasteiger partial charge on any atom is 0.123 e. The summed E-state index contributed by atoms with van der Waals surface area (Å²) in [5.74, 6) is -0.167. The van der Waals surface area contributed by atoms with Crippen LogP contribution in [-0.4, -0.2) is 19.3 Å². The predicted octanol–water partition coefficient (Wildman–Crippen LogP) is 2.01. The summed E-state index contributed by atoms with van der Waals surface area (Å²) in [6.07, 6.45) is 1.05. The van der Waals surface area contributed by atoms with Crippen LogP contribution in [0.3, 0.4) is 0 Å². The smallest absolute Gasteiger partial charge is 0.123 e. The third-order valence-electron chi connectivity index (χ3n) is 2.82. The van der Waals surface area contributed by atoms with Gasteiger partial charge < -0.3 is 10.1 Å². The Morgan fingerprint density at radius 2 is 2.40 bits per heavy atom. The molecule has 1 atom stereocenters. The lowest BCUT2D eigenvalue weighted by atomic mass is 10.1. The van der Waals surface area contributed by atoms with E-state index in [9.17, 15) is 4.39 Å². The number of ether oxygens (including phenoxy) is 1. The van der Waals surface area contributed by atoms with Crippen molar-refractivity contribution in [1.82, 2.24) is 5.32 Å². The quantitative estimate of drug-likeness (QED) is 0.822. The van der Waals surface area contributed by atoms with Crippen LogP contribution in [0.1, 0.15) is 17.5 Å². The van der Waals surface area contributed by atoms with Gasteiger partial charge in [-0.25, -0.2) is 4.39 Å². The maximum absolute atomic E-state index is 13.0. The van der Waals surface area contributed by atoms with Gasteiger partial charge >= 0.3 is 0 Å². The molecule has 1 unspecified atom stereocenters. The van der Waals surface area contributed by atoms with Crippen LogP contribution in [-0.2, 0) is 11.3 Å². The van der Waals surface area contributed by atoms with Crippen LogP contribution in [0.15, 0.2) is 18.2 Å². The van der Waals surface area contributed by atoms with E-state index in [4.69, 9.17) is 4.74 Å². The molecule has 0 bridgehead atoms. The Hall–Kier alpha value is -0.930. The lowest BCUT2D eigenvalue weighted by Gasteiger charge is -2.12. The Morgan fingerprint density at radius 3 is 3.13 bits per heavy atom. The third kappa shape index (κ3) is 2.76. The largest absolute Gasteiger partial charge is 0.380 e. The average molecular weight is 209 g/mol. The molecule has 2 nitrogen and oxygen atoms in total. The second-order valence-corrected chi connectivity index (χ2v) is 4.01. The molecule has 1 N–H and O–H groups in total. The van der Waals surface area contributed by atoms with Crippen molar-refractivity contribution in [2.75, 3.05) is 13.2 Å². The lowest BCUT2D eigenvalue weighted by Crippen LogP contribution is -2.28. The molecular weight excluding hydrogens is 193 g/mol. The first-order chi connectivity index (χ1) is 7.25. The highest BCUT2D eigenvalue weighted by Gasteiger charge is 2.14. The van der Waals surface area contributed by atoms with Crippen molar-refractivity contribution in [3.05, 3.63) is 35.1 Å². The number of rotatable bonds is 3. The first kappa shape index (κ1) is 10.6. The molecule has 82 valence electrons. The van der Waals surface area contributed by atoms with Gasteiger partial charge in [-0.05, 0) is 36.6 Å². The van der Waals surface area contributed by atoms with Gasteiger partial charge in [0.1, 0.15) is 5.82 Å². The minimum Gasteiger partial charge on any atom is -0.380 e. The minimum absolute atomic E-state index is 0.167. The van der Waals surface area contributed by atoms with E-state index in [1.54, 1.807) is 6.07 Å². The second kappa shape index (κ2) is 4.73. The fourth-order valence-corrected chi connectivity index (χ4v) is 1.78. The normalized spacial score (nSPS) is 20.8. The number of halogens is 1. The van der Waals surface area contributed by atoms with Crippen molar-refractivity contribution < 1.29 is 9.13 Å². The first-order valence-electron chi connectivity index (χ1n) is 5.32. The fourth-order valence-electron chi connectivity index (χ4n) is 1.78. The Kier molecular flexibility index (Phi) is 3.34. The Morgan fingerprint density at radius 1 is 1.53 bits per heavy atom. The first-order valence-corrected chi connectivity index (χ1v) is 5.32. The Bertz CT molecular complexity index is 334. The summed E-state index contributed by atoms with van der Waals surface area (Å²) in [5, 5.41) is 3.37. The van der Waals surface area contributed by atoms with Gasteiger partial charge in [-0.15, -0.1) is 0 Å². The van der Waals surface area contributed by atoms with E-state index in [0.29, 0.717) is 6.04 Å². The van der Waals surface area contributed by atoms with E-state index in [1.807, 2.05) is 13.0 Å². The monoisotopic (exact) mass is 209 g/mol. The molecule has 0 saturated carbocycles. The molecule has 0 aromatic heterocycles. The van der Waals surface area contributed by atoms with Crippen molar-refractivity contribution in [2.45, 2.75) is 25.9 Å². The van der Waals surface area contributed by atoms with E-state index >= 15 is 0 Å². The van der Waals surface area contributed by atoms with Gasteiger partial charge in [-0.1, -0.05) is 6.07 Å². The number of nitrogens with one attached hydrogen (secondary N) is 1. The molecule has 15 heavy (non-hydrogen) atoms. The Balaban J connectivity index is 1.94. The van der Waals surface area contributed by atoms with E-state index in [2.05, 4.69) is 5.32 Å². The summed E-state index contributed by atoms with van der Waals surface area (Å²) in [6, 6.07) is 5.33. The molecule has 1 aliphatic rings. The van der Waals surface area contributed by atoms with Gasteiger partial charge in [0.05, 0.1) is 6.61 Å². The lowest BCUT2D eigenvalue weighted by molar-refractivity contribution is 0.190. The minimum atomic E-state index is -0.167. The van der Waals surface area contributed by atoms with Crippen LogP contribution in [0.4, 0.5) is 4.39 Å². The summed E-state index contributed by atoms with van der Waals surface area (Å²) in [7, 11) is 0. The topological polar surface area (TPSA) is 21.3 Å². The molecule has 0 aliphatic carbocycles. The molecule has 2 rings (SSSR count). The second-order valence-electron chi connectivity index (χ2n) is 4.01. The van der Waals surface area contributed by atoms with Gasteiger partial charge in [0.15, 0.2) is 0 Å². The Labute approximate surface area is 89.4 Å².